The maximum absolute atomic E-state index is 14.2. The molecule has 2 aliphatic rings. The number of piperazine rings is 1. The molecule has 2 aliphatic heterocycles. The number of hydrogen-bond acceptors (Lipinski definition) is 6. The maximum atomic E-state index is 14.2. The SMILES string of the molecule is CCOc1ccc(S(=O)(=O)N2CCN(C(=O)C3CC(c4c(F)cccc4Cl)=NO3)CC2)cc1. The van der Waals surface area contributed by atoms with Gasteiger partial charge in [-0.2, -0.15) is 4.31 Å². The van der Waals surface area contributed by atoms with Crippen molar-refractivity contribution in [2.75, 3.05) is 32.8 Å². The molecule has 2 aromatic carbocycles. The number of carbonyl (C=O) groups excluding carboxylic acids is 1. The molecule has 0 aromatic heterocycles. The summed E-state index contributed by atoms with van der Waals surface area (Å²) in [4.78, 5) is 19.9. The number of rotatable bonds is 6. The van der Waals surface area contributed by atoms with E-state index in [0.717, 1.165) is 0 Å². The maximum Gasteiger partial charge on any atom is 0.266 e. The molecule has 1 amide bonds. The number of sulfonamides is 1. The second kappa shape index (κ2) is 9.66. The van der Waals surface area contributed by atoms with Crippen LogP contribution in [0.4, 0.5) is 4.39 Å². The molecule has 0 saturated carbocycles. The van der Waals surface area contributed by atoms with E-state index in [9.17, 15) is 17.6 Å². The summed E-state index contributed by atoms with van der Waals surface area (Å²) >= 11 is 6.08. The normalized spacial score (nSPS) is 19.2. The van der Waals surface area contributed by atoms with Gasteiger partial charge in [0, 0.05) is 32.6 Å². The Morgan fingerprint density at radius 3 is 2.52 bits per heavy atom. The van der Waals surface area contributed by atoms with Gasteiger partial charge < -0.3 is 14.5 Å². The molecular weight excluding hydrogens is 473 g/mol. The van der Waals surface area contributed by atoms with Gasteiger partial charge in [-0.15, -0.1) is 0 Å². The van der Waals surface area contributed by atoms with Crippen molar-refractivity contribution >= 4 is 33.2 Å². The minimum Gasteiger partial charge on any atom is -0.494 e. The number of ether oxygens (including phenoxy) is 1. The van der Waals surface area contributed by atoms with E-state index in [2.05, 4.69) is 5.16 Å². The fourth-order valence-corrected chi connectivity index (χ4v) is 5.50. The predicted octanol–water partition coefficient (Wildman–Crippen LogP) is 2.90. The monoisotopic (exact) mass is 495 g/mol. The molecule has 1 atom stereocenters. The van der Waals surface area contributed by atoms with Crippen LogP contribution in [-0.2, 0) is 19.7 Å². The molecule has 0 bridgehead atoms. The van der Waals surface area contributed by atoms with Crippen molar-refractivity contribution in [3.05, 3.63) is 58.9 Å². The number of hydrogen-bond donors (Lipinski definition) is 0. The Kier molecular flexibility index (Phi) is 6.87. The fourth-order valence-electron chi connectivity index (χ4n) is 3.81. The van der Waals surface area contributed by atoms with Crippen LogP contribution in [0.5, 0.6) is 5.75 Å². The summed E-state index contributed by atoms with van der Waals surface area (Å²) in [7, 11) is -3.69. The van der Waals surface area contributed by atoms with Crippen LogP contribution in [0, 0.1) is 5.82 Å². The third kappa shape index (κ3) is 4.83. The summed E-state index contributed by atoms with van der Waals surface area (Å²) in [5.41, 5.74) is 0.397. The van der Waals surface area contributed by atoms with Gasteiger partial charge >= 0.3 is 0 Å². The summed E-state index contributed by atoms with van der Waals surface area (Å²) in [6.45, 7) is 3.08. The Bertz CT molecular complexity index is 1140. The minimum absolute atomic E-state index is 0.0875. The molecule has 0 radical (unpaired) electrons. The Hall–Kier alpha value is -2.69. The first-order valence-corrected chi connectivity index (χ1v) is 12.3. The Morgan fingerprint density at radius 2 is 1.88 bits per heavy atom. The number of benzene rings is 2. The summed E-state index contributed by atoms with van der Waals surface area (Å²) in [6.07, 6.45) is -0.811. The van der Waals surface area contributed by atoms with Crippen LogP contribution < -0.4 is 4.74 Å². The van der Waals surface area contributed by atoms with Crippen molar-refractivity contribution in [2.45, 2.75) is 24.3 Å². The van der Waals surface area contributed by atoms with Gasteiger partial charge in [-0.05, 0) is 43.3 Å². The molecule has 0 aliphatic carbocycles. The third-order valence-electron chi connectivity index (χ3n) is 5.52. The van der Waals surface area contributed by atoms with Crippen LogP contribution in [0.25, 0.3) is 0 Å². The molecule has 2 aromatic rings. The van der Waals surface area contributed by atoms with Gasteiger partial charge in [-0.25, -0.2) is 12.8 Å². The summed E-state index contributed by atoms with van der Waals surface area (Å²) in [5.74, 6) is -0.257. The fraction of sp³-hybridized carbons (Fsp3) is 0.364. The van der Waals surface area contributed by atoms with Crippen molar-refractivity contribution in [2.24, 2.45) is 5.16 Å². The lowest BCUT2D eigenvalue weighted by atomic mass is 10.0. The molecular formula is C22H23ClFN3O5S. The lowest BCUT2D eigenvalue weighted by molar-refractivity contribution is -0.143. The van der Waals surface area contributed by atoms with Crippen molar-refractivity contribution in [1.29, 1.82) is 0 Å². The van der Waals surface area contributed by atoms with Gasteiger partial charge in [0.2, 0.25) is 16.1 Å². The number of carbonyl (C=O) groups is 1. The number of amides is 1. The zero-order valence-corrected chi connectivity index (χ0v) is 19.5. The molecule has 4 rings (SSSR count). The summed E-state index contributed by atoms with van der Waals surface area (Å²) in [6, 6.07) is 10.6. The molecule has 0 N–H and O–H groups in total. The minimum atomic E-state index is -3.69. The van der Waals surface area contributed by atoms with Crippen LogP contribution in [0.2, 0.25) is 5.02 Å². The summed E-state index contributed by atoms with van der Waals surface area (Å²) in [5, 5.41) is 4.06. The first-order valence-electron chi connectivity index (χ1n) is 10.5. The van der Waals surface area contributed by atoms with E-state index in [1.165, 1.54) is 33.5 Å². The van der Waals surface area contributed by atoms with E-state index >= 15 is 0 Å². The largest absolute Gasteiger partial charge is 0.494 e. The van der Waals surface area contributed by atoms with Crippen LogP contribution in [0.3, 0.4) is 0 Å². The topological polar surface area (TPSA) is 88.5 Å². The highest BCUT2D eigenvalue weighted by atomic mass is 35.5. The second-order valence-electron chi connectivity index (χ2n) is 7.57. The van der Waals surface area contributed by atoms with E-state index in [1.807, 2.05) is 6.92 Å². The zero-order valence-electron chi connectivity index (χ0n) is 17.9. The van der Waals surface area contributed by atoms with E-state index in [-0.39, 0.29) is 59.7 Å². The van der Waals surface area contributed by atoms with E-state index < -0.39 is 21.9 Å². The third-order valence-corrected chi connectivity index (χ3v) is 7.75. The first-order chi connectivity index (χ1) is 15.8. The van der Waals surface area contributed by atoms with Crippen LogP contribution >= 0.6 is 11.6 Å². The number of oxime groups is 1. The average molecular weight is 496 g/mol. The van der Waals surface area contributed by atoms with Gasteiger partial charge in [0.1, 0.15) is 11.6 Å². The van der Waals surface area contributed by atoms with Gasteiger partial charge in [0.25, 0.3) is 5.91 Å². The lowest BCUT2D eigenvalue weighted by Crippen LogP contribution is -2.52. The Balaban J connectivity index is 1.36. The molecule has 8 nitrogen and oxygen atoms in total. The quantitative estimate of drug-likeness (QED) is 0.615. The van der Waals surface area contributed by atoms with Crippen LogP contribution in [-0.4, -0.2) is 68.1 Å². The predicted molar refractivity (Wildman–Crippen MR) is 120 cm³/mol. The van der Waals surface area contributed by atoms with Crippen LogP contribution in [0.15, 0.2) is 52.5 Å². The second-order valence-corrected chi connectivity index (χ2v) is 9.91. The van der Waals surface area contributed by atoms with Gasteiger partial charge in [-0.1, -0.05) is 22.8 Å². The Labute approximate surface area is 196 Å². The number of halogens is 2. The molecule has 1 fully saturated rings. The van der Waals surface area contributed by atoms with Crippen LogP contribution in [0.1, 0.15) is 18.9 Å². The van der Waals surface area contributed by atoms with Gasteiger partial charge in [0.15, 0.2) is 0 Å². The van der Waals surface area contributed by atoms with Gasteiger partial charge in [-0.3, -0.25) is 4.79 Å². The number of nitrogens with zero attached hydrogens (tertiary/aromatic N) is 3. The lowest BCUT2D eigenvalue weighted by Gasteiger charge is -2.34. The zero-order chi connectivity index (χ0) is 23.6. The smallest absolute Gasteiger partial charge is 0.266 e. The molecule has 2 heterocycles. The van der Waals surface area contributed by atoms with Crippen molar-refractivity contribution in [3.63, 3.8) is 0 Å². The highest BCUT2D eigenvalue weighted by Gasteiger charge is 2.37. The highest BCUT2D eigenvalue weighted by Crippen LogP contribution is 2.27. The first kappa shape index (κ1) is 23.5. The molecule has 11 heteroatoms. The van der Waals surface area contributed by atoms with Crippen molar-refractivity contribution < 1.29 is 27.2 Å². The summed E-state index contributed by atoms with van der Waals surface area (Å²) < 4.78 is 46.7. The molecule has 0 spiro atoms. The molecule has 176 valence electrons. The van der Waals surface area contributed by atoms with Gasteiger partial charge in [0.05, 0.1) is 27.8 Å². The average Bonchev–Trinajstić information content (AvgIpc) is 3.29. The molecule has 33 heavy (non-hydrogen) atoms. The molecule has 1 saturated heterocycles. The highest BCUT2D eigenvalue weighted by molar-refractivity contribution is 7.89. The van der Waals surface area contributed by atoms with E-state index in [4.69, 9.17) is 21.2 Å². The Morgan fingerprint density at radius 1 is 1.18 bits per heavy atom. The van der Waals surface area contributed by atoms with E-state index in [0.29, 0.717) is 12.4 Å². The standard InChI is InChI=1S/C22H23ClFN3O5S/c1-2-31-15-6-8-16(9-7-15)33(29,30)27-12-10-26(11-13-27)22(28)20-14-19(25-32-20)21-17(23)4-3-5-18(21)24/h3-9,20H,2,10-14H2,1H3. The van der Waals surface area contributed by atoms with Crippen molar-refractivity contribution in [3.8, 4) is 5.75 Å². The van der Waals surface area contributed by atoms with E-state index in [1.54, 1.807) is 18.2 Å². The molecule has 1 unspecified atom stereocenters. The van der Waals surface area contributed by atoms with Crippen molar-refractivity contribution in [1.82, 2.24) is 9.21 Å².